The Morgan fingerprint density at radius 3 is 2.92 bits per heavy atom. The minimum atomic E-state index is 0. The van der Waals surface area contributed by atoms with Crippen LogP contribution in [0.15, 0.2) is 24.3 Å². The first-order chi connectivity index (χ1) is 5.36. The van der Waals surface area contributed by atoms with Crippen LogP contribution in [0.3, 0.4) is 0 Å². The molecule has 0 radical (unpaired) electrons. The first-order valence-corrected chi connectivity index (χ1v) is 3.77. The molecule has 0 saturated heterocycles. The van der Waals surface area contributed by atoms with Crippen LogP contribution in [-0.4, -0.2) is 6.10 Å². The van der Waals surface area contributed by atoms with Crippen molar-refractivity contribution >= 4 is 0 Å². The standard InChI is InChI=1S/C9H10O2.H3N/c1-7-6-8-4-2-3-5-9(8)11-10-7;/h2-5,7H,6H2,1H3;1H3. The Kier molecular flexibility index (Phi) is 2.68. The van der Waals surface area contributed by atoms with Gasteiger partial charge in [0.1, 0.15) is 6.10 Å². The Bertz CT molecular complexity index is 262. The molecule has 1 aromatic carbocycles. The maximum Gasteiger partial charge on any atom is 0.168 e. The summed E-state index contributed by atoms with van der Waals surface area (Å²) < 4.78 is 0. The number of hydrogen-bond donors (Lipinski definition) is 1. The second kappa shape index (κ2) is 3.56. The summed E-state index contributed by atoms with van der Waals surface area (Å²) in [6.07, 6.45) is 1.11. The number of fused-ring (bicyclic) bond motifs is 1. The zero-order valence-electron chi connectivity index (χ0n) is 7.12. The summed E-state index contributed by atoms with van der Waals surface area (Å²) in [5.41, 5.74) is 1.23. The minimum Gasteiger partial charge on any atom is -0.344 e. The lowest BCUT2D eigenvalue weighted by molar-refractivity contribution is -0.249. The highest BCUT2D eigenvalue weighted by Gasteiger charge is 2.15. The summed E-state index contributed by atoms with van der Waals surface area (Å²) in [5.74, 6) is 0.852. The monoisotopic (exact) mass is 167 g/mol. The van der Waals surface area contributed by atoms with Crippen molar-refractivity contribution in [1.82, 2.24) is 6.15 Å². The molecule has 1 heterocycles. The third-order valence-corrected chi connectivity index (χ3v) is 1.78. The van der Waals surface area contributed by atoms with Gasteiger partial charge in [0, 0.05) is 12.0 Å². The van der Waals surface area contributed by atoms with Gasteiger partial charge in [-0.05, 0) is 13.0 Å². The molecule has 0 bridgehead atoms. The molecule has 0 aliphatic carbocycles. The summed E-state index contributed by atoms with van der Waals surface area (Å²) in [7, 11) is 0. The molecule has 0 aromatic heterocycles. The van der Waals surface area contributed by atoms with Crippen LogP contribution in [0.1, 0.15) is 12.5 Å². The van der Waals surface area contributed by atoms with Crippen LogP contribution in [0.25, 0.3) is 0 Å². The molecule has 3 heteroatoms. The Morgan fingerprint density at radius 2 is 2.08 bits per heavy atom. The highest BCUT2D eigenvalue weighted by Crippen LogP contribution is 2.24. The molecule has 0 amide bonds. The van der Waals surface area contributed by atoms with Crippen LogP contribution < -0.4 is 11.0 Å². The molecule has 1 atom stereocenters. The molecular weight excluding hydrogens is 154 g/mol. The van der Waals surface area contributed by atoms with Gasteiger partial charge in [0.25, 0.3) is 0 Å². The van der Waals surface area contributed by atoms with Crippen LogP contribution >= 0.6 is 0 Å². The van der Waals surface area contributed by atoms with E-state index in [1.54, 1.807) is 0 Å². The van der Waals surface area contributed by atoms with Gasteiger partial charge < -0.3 is 11.0 Å². The fourth-order valence-electron chi connectivity index (χ4n) is 1.23. The molecule has 3 N–H and O–H groups in total. The summed E-state index contributed by atoms with van der Waals surface area (Å²) in [6, 6.07) is 7.94. The van der Waals surface area contributed by atoms with E-state index in [2.05, 4.69) is 6.07 Å². The highest BCUT2D eigenvalue weighted by atomic mass is 17.2. The Labute approximate surface area is 71.8 Å². The number of hydrogen-bond acceptors (Lipinski definition) is 3. The third kappa shape index (κ3) is 1.57. The number of rotatable bonds is 0. The molecule has 1 aromatic rings. The molecule has 0 saturated carbocycles. The fraction of sp³-hybridized carbons (Fsp3) is 0.333. The Balaban J connectivity index is 0.000000720. The predicted octanol–water partition coefficient (Wildman–Crippen LogP) is 2.10. The van der Waals surface area contributed by atoms with Crippen LogP contribution in [0.5, 0.6) is 5.75 Å². The molecule has 3 nitrogen and oxygen atoms in total. The lowest BCUT2D eigenvalue weighted by Crippen LogP contribution is -2.19. The van der Waals surface area contributed by atoms with Gasteiger partial charge in [-0.25, -0.2) is 0 Å². The molecule has 1 aliphatic rings. The van der Waals surface area contributed by atoms with Crippen molar-refractivity contribution in [2.45, 2.75) is 19.4 Å². The lowest BCUT2D eigenvalue weighted by atomic mass is 10.1. The van der Waals surface area contributed by atoms with E-state index in [1.165, 1.54) is 5.56 Å². The normalized spacial score (nSPS) is 20.2. The second-order valence-corrected chi connectivity index (χ2v) is 2.80. The topological polar surface area (TPSA) is 53.5 Å². The van der Waals surface area contributed by atoms with Gasteiger partial charge in [0.05, 0.1) is 0 Å². The van der Waals surface area contributed by atoms with Gasteiger partial charge in [-0.15, -0.1) is 0 Å². The minimum absolute atomic E-state index is 0. The smallest absolute Gasteiger partial charge is 0.168 e. The van der Waals surface area contributed by atoms with Gasteiger partial charge >= 0.3 is 0 Å². The Morgan fingerprint density at radius 1 is 1.33 bits per heavy atom. The highest BCUT2D eigenvalue weighted by molar-refractivity contribution is 5.34. The van der Waals surface area contributed by atoms with Gasteiger partial charge in [0.2, 0.25) is 0 Å². The molecule has 1 aliphatic heterocycles. The van der Waals surface area contributed by atoms with E-state index in [1.807, 2.05) is 25.1 Å². The summed E-state index contributed by atoms with van der Waals surface area (Å²) in [4.78, 5) is 10.0. The summed E-state index contributed by atoms with van der Waals surface area (Å²) in [5, 5.41) is 0. The zero-order valence-corrected chi connectivity index (χ0v) is 7.12. The van der Waals surface area contributed by atoms with Crippen molar-refractivity contribution in [1.29, 1.82) is 0 Å². The molecule has 1 unspecified atom stereocenters. The van der Waals surface area contributed by atoms with Crippen LogP contribution in [0, 0.1) is 0 Å². The SMILES string of the molecule is CC1Cc2ccccc2OO1.N. The maximum atomic E-state index is 5.04. The van der Waals surface area contributed by atoms with E-state index in [0.717, 1.165) is 12.2 Å². The van der Waals surface area contributed by atoms with E-state index >= 15 is 0 Å². The third-order valence-electron chi connectivity index (χ3n) is 1.78. The maximum absolute atomic E-state index is 5.04. The van der Waals surface area contributed by atoms with E-state index in [0.29, 0.717) is 0 Å². The Hall–Kier alpha value is -1.06. The summed E-state index contributed by atoms with van der Waals surface area (Å²) >= 11 is 0. The van der Waals surface area contributed by atoms with E-state index < -0.39 is 0 Å². The van der Waals surface area contributed by atoms with E-state index in [9.17, 15) is 0 Å². The van der Waals surface area contributed by atoms with Crippen molar-refractivity contribution in [3.63, 3.8) is 0 Å². The predicted molar refractivity (Wildman–Crippen MR) is 46.3 cm³/mol. The molecular formula is C9H13NO2. The van der Waals surface area contributed by atoms with Crippen LogP contribution in [-0.2, 0) is 11.3 Å². The number of benzene rings is 1. The molecule has 12 heavy (non-hydrogen) atoms. The largest absolute Gasteiger partial charge is 0.344 e. The summed E-state index contributed by atoms with van der Waals surface area (Å²) in [6.45, 7) is 2.00. The van der Waals surface area contributed by atoms with Crippen LogP contribution in [0.2, 0.25) is 0 Å². The quantitative estimate of drug-likeness (QED) is 0.602. The van der Waals surface area contributed by atoms with Gasteiger partial charge in [-0.1, -0.05) is 18.2 Å². The molecule has 0 fully saturated rings. The van der Waals surface area contributed by atoms with Gasteiger partial charge in [-0.3, -0.25) is 0 Å². The van der Waals surface area contributed by atoms with Gasteiger partial charge in [0.15, 0.2) is 5.75 Å². The second-order valence-electron chi connectivity index (χ2n) is 2.80. The average Bonchev–Trinajstić information content (AvgIpc) is 2.04. The van der Waals surface area contributed by atoms with Crippen molar-refractivity contribution < 1.29 is 9.78 Å². The van der Waals surface area contributed by atoms with E-state index in [4.69, 9.17) is 9.78 Å². The van der Waals surface area contributed by atoms with Crippen LogP contribution in [0.4, 0.5) is 0 Å². The van der Waals surface area contributed by atoms with Gasteiger partial charge in [-0.2, -0.15) is 4.89 Å². The van der Waals surface area contributed by atoms with Crippen molar-refractivity contribution in [2.24, 2.45) is 0 Å². The van der Waals surface area contributed by atoms with Crippen molar-refractivity contribution in [2.75, 3.05) is 0 Å². The molecule has 66 valence electrons. The first-order valence-electron chi connectivity index (χ1n) is 3.77. The fourth-order valence-corrected chi connectivity index (χ4v) is 1.23. The zero-order chi connectivity index (χ0) is 7.68. The number of para-hydroxylation sites is 1. The molecule has 2 rings (SSSR count). The first kappa shape index (κ1) is 9.03. The molecule has 0 spiro atoms. The van der Waals surface area contributed by atoms with Crippen molar-refractivity contribution in [3.05, 3.63) is 29.8 Å². The lowest BCUT2D eigenvalue weighted by Gasteiger charge is -2.20. The van der Waals surface area contributed by atoms with E-state index in [-0.39, 0.29) is 12.3 Å². The van der Waals surface area contributed by atoms with Crippen molar-refractivity contribution in [3.8, 4) is 5.75 Å². The average molecular weight is 167 g/mol.